The van der Waals surface area contributed by atoms with Crippen molar-refractivity contribution in [2.75, 3.05) is 6.54 Å². The van der Waals surface area contributed by atoms with Gasteiger partial charge in [0.2, 0.25) is 0 Å². The van der Waals surface area contributed by atoms with Gasteiger partial charge in [-0.1, -0.05) is 42.5 Å². The van der Waals surface area contributed by atoms with Crippen molar-refractivity contribution in [3.8, 4) is 5.75 Å². The van der Waals surface area contributed by atoms with Crippen LogP contribution >= 0.6 is 0 Å². The first-order valence-electron chi connectivity index (χ1n) is 6.15. The number of hydrogen-bond donors (Lipinski definition) is 1. The van der Waals surface area contributed by atoms with Crippen molar-refractivity contribution < 1.29 is 5.11 Å². The zero-order valence-corrected chi connectivity index (χ0v) is 10.3. The van der Waals surface area contributed by atoms with Gasteiger partial charge in [0.15, 0.2) is 0 Å². The first-order chi connectivity index (χ1) is 8.84. The molecule has 0 aromatic heterocycles. The van der Waals surface area contributed by atoms with Gasteiger partial charge in [-0.05, 0) is 29.7 Å². The van der Waals surface area contributed by atoms with Crippen molar-refractivity contribution in [2.45, 2.75) is 12.8 Å². The summed E-state index contributed by atoms with van der Waals surface area (Å²) in [7, 11) is 0. The Hall–Kier alpha value is -2.09. The standard InChI is InChI=1S/C16H17NO/c18-16-8-4-7-15(13-16)10-12-17-11-9-14-5-2-1-3-6-14/h1-8,11,13,18H,9-10,12H2/b17-11+. The lowest BCUT2D eigenvalue weighted by atomic mass is 10.1. The van der Waals surface area contributed by atoms with Crippen LogP contribution in [0.4, 0.5) is 0 Å². The lowest BCUT2D eigenvalue weighted by Gasteiger charge is -1.99. The summed E-state index contributed by atoms with van der Waals surface area (Å²) < 4.78 is 0. The summed E-state index contributed by atoms with van der Waals surface area (Å²) in [6.45, 7) is 0.760. The van der Waals surface area contributed by atoms with Crippen LogP contribution in [0.5, 0.6) is 5.75 Å². The molecule has 0 atom stereocenters. The number of benzene rings is 2. The molecule has 0 fully saturated rings. The molecule has 92 valence electrons. The van der Waals surface area contributed by atoms with Crippen LogP contribution in [-0.2, 0) is 12.8 Å². The molecule has 0 amide bonds. The monoisotopic (exact) mass is 239 g/mol. The van der Waals surface area contributed by atoms with Gasteiger partial charge in [-0.2, -0.15) is 0 Å². The van der Waals surface area contributed by atoms with Crippen molar-refractivity contribution in [1.29, 1.82) is 0 Å². The molecule has 18 heavy (non-hydrogen) atoms. The fourth-order valence-electron chi connectivity index (χ4n) is 1.78. The van der Waals surface area contributed by atoms with E-state index in [1.165, 1.54) is 5.56 Å². The highest BCUT2D eigenvalue weighted by Gasteiger charge is 1.93. The molecule has 2 nitrogen and oxygen atoms in total. The SMILES string of the molecule is Oc1cccc(CC/N=C/Cc2ccccc2)c1. The number of hydrogen-bond acceptors (Lipinski definition) is 2. The Morgan fingerprint density at radius 1 is 0.944 bits per heavy atom. The largest absolute Gasteiger partial charge is 0.508 e. The number of rotatable bonds is 5. The van der Waals surface area contributed by atoms with Gasteiger partial charge in [0.25, 0.3) is 0 Å². The van der Waals surface area contributed by atoms with E-state index in [-0.39, 0.29) is 0 Å². The minimum atomic E-state index is 0.320. The van der Waals surface area contributed by atoms with Crippen molar-refractivity contribution >= 4 is 6.21 Å². The summed E-state index contributed by atoms with van der Waals surface area (Å²) in [5.74, 6) is 0.320. The fourth-order valence-corrected chi connectivity index (χ4v) is 1.78. The minimum absolute atomic E-state index is 0.320. The van der Waals surface area contributed by atoms with Crippen LogP contribution in [0.3, 0.4) is 0 Å². The van der Waals surface area contributed by atoms with Crippen molar-refractivity contribution in [3.05, 3.63) is 65.7 Å². The van der Waals surface area contributed by atoms with Crippen LogP contribution in [0, 0.1) is 0 Å². The smallest absolute Gasteiger partial charge is 0.115 e. The Morgan fingerprint density at radius 3 is 2.50 bits per heavy atom. The van der Waals surface area contributed by atoms with Gasteiger partial charge in [-0.15, -0.1) is 0 Å². The van der Waals surface area contributed by atoms with Crippen molar-refractivity contribution in [3.63, 3.8) is 0 Å². The molecule has 0 aliphatic rings. The molecule has 0 heterocycles. The summed E-state index contributed by atoms with van der Waals surface area (Å²) in [4.78, 5) is 4.38. The average Bonchev–Trinajstić information content (AvgIpc) is 2.40. The Kier molecular flexibility index (Phi) is 4.53. The molecule has 0 aliphatic heterocycles. The van der Waals surface area contributed by atoms with Crippen LogP contribution in [0.2, 0.25) is 0 Å². The van der Waals surface area contributed by atoms with Gasteiger partial charge in [0, 0.05) is 19.2 Å². The summed E-state index contributed by atoms with van der Waals surface area (Å²) >= 11 is 0. The molecule has 0 bridgehead atoms. The minimum Gasteiger partial charge on any atom is -0.508 e. The molecular weight excluding hydrogens is 222 g/mol. The van der Waals surface area contributed by atoms with E-state index in [4.69, 9.17) is 0 Å². The number of phenolic OH excluding ortho intramolecular Hbond substituents is 1. The van der Waals surface area contributed by atoms with E-state index >= 15 is 0 Å². The van der Waals surface area contributed by atoms with Gasteiger partial charge in [0.05, 0.1) is 0 Å². The maximum absolute atomic E-state index is 9.33. The lowest BCUT2D eigenvalue weighted by Crippen LogP contribution is -1.91. The quantitative estimate of drug-likeness (QED) is 0.798. The van der Waals surface area contributed by atoms with Gasteiger partial charge < -0.3 is 5.11 Å². The normalized spacial score (nSPS) is 10.9. The molecule has 2 heteroatoms. The molecule has 0 radical (unpaired) electrons. The van der Waals surface area contributed by atoms with E-state index < -0.39 is 0 Å². The Bertz CT molecular complexity index is 506. The third-order valence-electron chi connectivity index (χ3n) is 2.74. The first kappa shape index (κ1) is 12.4. The molecule has 0 aliphatic carbocycles. The van der Waals surface area contributed by atoms with Crippen LogP contribution in [0.15, 0.2) is 59.6 Å². The Labute approximate surface area is 108 Å². The summed E-state index contributed by atoms with van der Waals surface area (Å²) in [6.07, 6.45) is 3.69. The van der Waals surface area contributed by atoms with Gasteiger partial charge >= 0.3 is 0 Å². The van der Waals surface area contributed by atoms with Gasteiger partial charge in [-0.25, -0.2) is 0 Å². The maximum atomic E-state index is 9.33. The predicted molar refractivity (Wildman–Crippen MR) is 75.3 cm³/mol. The van der Waals surface area contributed by atoms with Crippen LogP contribution < -0.4 is 0 Å². The third kappa shape index (κ3) is 4.06. The number of phenols is 1. The van der Waals surface area contributed by atoms with Crippen LogP contribution in [0.1, 0.15) is 11.1 Å². The highest BCUT2D eigenvalue weighted by Crippen LogP contribution is 2.11. The van der Waals surface area contributed by atoms with E-state index in [0.717, 1.165) is 24.9 Å². The highest BCUT2D eigenvalue weighted by atomic mass is 16.3. The molecular formula is C16H17NO. The summed E-state index contributed by atoms with van der Waals surface area (Å²) in [5.41, 5.74) is 2.39. The van der Waals surface area contributed by atoms with Crippen LogP contribution in [-0.4, -0.2) is 17.9 Å². The third-order valence-corrected chi connectivity index (χ3v) is 2.74. The lowest BCUT2D eigenvalue weighted by molar-refractivity contribution is 0.474. The zero-order valence-electron chi connectivity index (χ0n) is 10.3. The van der Waals surface area contributed by atoms with E-state index in [0.29, 0.717) is 5.75 Å². The second kappa shape index (κ2) is 6.60. The molecule has 1 N–H and O–H groups in total. The predicted octanol–water partition coefficient (Wildman–Crippen LogP) is 3.25. The van der Waals surface area contributed by atoms with Gasteiger partial charge in [-0.3, -0.25) is 4.99 Å². The van der Waals surface area contributed by atoms with E-state index in [2.05, 4.69) is 17.1 Å². The summed E-state index contributed by atoms with van der Waals surface area (Å²) in [6, 6.07) is 17.6. The number of nitrogens with zero attached hydrogens (tertiary/aromatic N) is 1. The second-order valence-electron chi connectivity index (χ2n) is 4.20. The number of aromatic hydroxyl groups is 1. The maximum Gasteiger partial charge on any atom is 0.115 e. The highest BCUT2D eigenvalue weighted by molar-refractivity contribution is 5.61. The van der Waals surface area contributed by atoms with Crippen LogP contribution in [0.25, 0.3) is 0 Å². The molecule has 0 spiro atoms. The van der Waals surface area contributed by atoms with Crippen molar-refractivity contribution in [2.24, 2.45) is 4.99 Å². The molecule has 2 rings (SSSR count). The molecule has 2 aromatic carbocycles. The second-order valence-corrected chi connectivity index (χ2v) is 4.20. The van der Waals surface area contributed by atoms with E-state index in [1.807, 2.05) is 36.5 Å². The zero-order chi connectivity index (χ0) is 12.6. The average molecular weight is 239 g/mol. The number of aliphatic imine (C=N–C) groups is 1. The fraction of sp³-hybridized carbons (Fsp3) is 0.188. The molecule has 0 saturated carbocycles. The molecule has 0 saturated heterocycles. The molecule has 2 aromatic rings. The van der Waals surface area contributed by atoms with E-state index in [9.17, 15) is 5.11 Å². The van der Waals surface area contributed by atoms with E-state index in [1.54, 1.807) is 12.1 Å². The summed E-state index contributed by atoms with van der Waals surface area (Å²) in [5, 5.41) is 9.33. The van der Waals surface area contributed by atoms with Gasteiger partial charge in [0.1, 0.15) is 5.75 Å². The first-order valence-corrected chi connectivity index (χ1v) is 6.15. The van der Waals surface area contributed by atoms with Crippen molar-refractivity contribution in [1.82, 2.24) is 0 Å². The topological polar surface area (TPSA) is 32.6 Å². The molecule has 0 unspecified atom stereocenters. The Balaban J connectivity index is 1.75. The Morgan fingerprint density at radius 2 is 1.72 bits per heavy atom.